The molecule has 6 rings (SSSR count). The monoisotopic (exact) mass is 506 g/mol. The largest absolute Gasteiger partial charge is 0.497 e. The standard InChI is InChI=1S/C30H30N6O2/c1-19-16-22-11-14-24(38-3)17-25(22)29(34-35(19)30(37)31-2)21-9-12-23(13-10-21)36-28(20-7-8-20)18-27(33-36)26-6-4-5-15-32-26/h4-6,9-15,17-20H,7-8,16H2,1-3H3,(H,31,37)/t19-/m0/s1. The molecule has 192 valence electrons. The molecule has 2 aromatic heterocycles. The van der Waals surface area contributed by atoms with Gasteiger partial charge in [0.25, 0.3) is 0 Å². The second kappa shape index (κ2) is 9.78. The summed E-state index contributed by atoms with van der Waals surface area (Å²) in [6, 6.07) is 22.0. The summed E-state index contributed by atoms with van der Waals surface area (Å²) >= 11 is 0. The Morgan fingerprint density at radius 1 is 1.03 bits per heavy atom. The molecule has 1 aliphatic carbocycles. The highest BCUT2D eigenvalue weighted by molar-refractivity contribution is 6.14. The van der Waals surface area contributed by atoms with Gasteiger partial charge in [-0.3, -0.25) is 4.98 Å². The number of nitrogens with zero attached hydrogens (tertiary/aromatic N) is 5. The summed E-state index contributed by atoms with van der Waals surface area (Å²) in [6.07, 6.45) is 4.83. The van der Waals surface area contributed by atoms with Crippen molar-refractivity contribution < 1.29 is 9.53 Å². The number of hydrazone groups is 1. The topological polar surface area (TPSA) is 84.6 Å². The van der Waals surface area contributed by atoms with E-state index in [2.05, 4.69) is 34.6 Å². The number of amides is 2. The molecule has 2 aromatic carbocycles. The van der Waals surface area contributed by atoms with Gasteiger partial charge >= 0.3 is 6.03 Å². The quantitative estimate of drug-likeness (QED) is 0.405. The van der Waals surface area contributed by atoms with Crippen molar-refractivity contribution in [2.24, 2.45) is 5.10 Å². The molecule has 1 atom stereocenters. The van der Waals surface area contributed by atoms with E-state index in [1.807, 2.05) is 54.1 Å². The number of carbonyl (C=O) groups excluding carboxylic acids is 1. The summed E-state index contributed by atoms with van der Waals surface area (Å²) in [5.41, 5.74) is 7.66. The molecule has 8 heteroatoms. The molecule has 0 radical (unpaired) electrons. The fourth-order valence-corrected chi connectivity index (χ4v) is 4.99. The first-order valence-electron chi connectivity index (χ1n) is 12.9. The third kappa shape index (κ3) is 4.42. The molecule has 0 bridgehead atoms. The SMILES string of the molecule is CNC(=O)N1N=C(c2ccc(-n3nc(-c4ccccn4)cc3C3CC3)cc2)c2cc(OC)ccc2C[C@@H]1C. The van der Waals surface area contributed by atoms with Crippen LogP contribution in [0.3, 0.4) is 0 Å². The summed E-state index contributed by atoms with van der Waals surface area (Å²) in [5.74, 6) is 1.27. The highest BCUT2D eigenvalue weighted by Crippen LogP contribution is 2.42. The number of ether oxygens (including phenoxy) is 1. The minimum Gasteiger partial charge on any atom is -0.497 e. The van der Waals surface area contributed by atoms with Crippen LogP contribution in [0.2, 0.25) is 0 Å². The zero-order valence-electron chi connectivity index (χ0n) is 21.8. The predicted octanol–water partition coefficient (Wildman–Crippen LogP) is 5.16. The van der Waals surface area contributed by atoms with Crippen LogP contribution in [0.25, 0.3) is 17.1 Å². The summed E-state index contributed by atoms with van der Waals surface area (Å²) < 4.78 is 7.56. The Morgan fingerprint density at radius 3 is 2.53 bits per heavy atom. The van der Waals surface area contributed by atoms with Crippen LogP contribution >= 0.6 is 0 Å². The Kier molecular flexibility index (Phi) is 6.15. The summed E-state index contributed by atoms with van der Waals surface area (Å²) in [6.45, 7) is 2.01. The first kappa shape index (κ1) is 23.9. The van der Waals surface area contributed by atoms with E-state index in [1.54, 1.807) is 20.4 Å². The fourth-order valence-electron chi connectivity index (χ4n) is 4.99. The highest BCUT2D eigenvalue weighted by Gasteiger charge is 2.30. The molecule has 2 aliphatic rings. The minimum absolute atomic E-state index is 0.103. The van der Waals surface area contributed by atoms with E-state index < -0.39 is 0 Å². The Morgan fingerprint density at radius 2 is 1.84 bits per heavy atom. The zero-order chi connectivity index (χ0) is 26.2. The lowest BCUT2D eigenvalue weighted by atomic mass is 9.94. The Bertz CT molecular complexity index is 1510. The van der Waals surface area contributed by atoms with E-state index in [9.17, 15) is 4.79 Å². The number of hydrogen-bond acceptors (Lipinski definition) is 5. The van der Waals surface area contributed by atoms with Crippen LogP contribution in [0.4, 0.5) is 4.79 Å². The molecule has 2 amide bonds. The van der Waals surface area contributed by atoms with E-state index in [4.69, 9.17) is 14.9 Å². The van der Waals surface area contributed by atoms with Crippen molar-refractivity contribution in [1.82, 2.24) is 25.1 Å². The van der Waals surface area contributed by atoms with E-state index in [0.717, 1.165) is 45.2 Å². The number of aromatic nitrogens is 3. The van der Waals surface area contributed by atoms with E-state index in [-0.39, 0.29) is 12.1 Å². The van der Waals surface area contributed by atoms with Gasteiger partial charge in [0.05, 0.1) is 30.2 Å². The van der Waals surface area contributed by atoms with Gasteiger partial charge in [-0.15, -0.1) is 0 Å². The average Bonchev–Trinajstić information content (AvgIpc) is 3.74. The van der Waals surface area contributed by atoms with Crippen molar-refractivity contribution in [3.8, 4) is 22.8 Å². The number of fused-ring (bicyclic) bond motifs is 1. The number of hydrogen-bond donors (Lipinski definition) is 1. The van der Waals surface area contributed by atoms with Crippen molar-refractivity contribution in [3.05, 3.63) is 95.3 Å². The van der Waals surface area contributed by atoms with Gasteiger partial charge in [0, 0.05) is 36.0 Å². The number of pyridine rings is 1. The summed E-state index contributed by atoms with van der Waals surface area (Å²) in [4.78, 5) is 17.2. The maximum atomic E-state index is 12.7. The molecule has 1 aliphatic heterocycles. The third-order valence-corrected chi connectivity index (χ3v) is 7.18. The van der Waals surface area contributed by atoms with Gasteiger partial charge < -0.3 is 10.1 Å². The third-order valence-electron chi connectivity index (χ3n) is 7.18. The number of benzene rings is 2. The van der Waals surface area contributed by atoms with Crippen LogP contribution in [0, 0.1) is 0 Å². The van der Waals surface area contributed by atoms with Gasteiger partial charge in [0.2, 0.25) is 0 Å². The summed E-state index contributed by atoms with van der Waals surface area (Å²) in [7, 11) is 3.28. The number of urea groups is 1. The number of rotatable bonds is 5. The minimum atomic E-state index is -0.237. The molecule has 3 heterocycles. The van der Waals surface area contributed by atoms with E-state index in [0.29, 0.717) is 12.3 Å². The maximum absolute atomic E-state index is 12.7. The molecule has 0 spiro atoms. The first-order valence-corrected chi connectivity index (χ1v) is 12.9. The van der Waals surface area contributed by atoms with Crippen LogP contribution in [0.5, 0.6) is 5.75 Å². The predicted molar refractivity (Wildman–Crippen MR) is 147 cm³/mol. The van der Waals surface area contributed by atoms with Crippen LogP contribution < -0.4 is 10.1 Å². The molecule has 38 heavy (non-hydrogen) atoms. The summed E-state index contributed by atoms with van der Waals surface area (Å²) in [5, 5.41) is 14.1. The van der Waals surface area contributed by atoms with Crippen LogP contribution in [0.1, 0.15) is 48.1 Å². The Balaban J connectivity index is 1.42. The Hall–Kier alpha value is -4.46. The highest BCUT2D eigenvalue weighted by atomic mass is 16.5. The first-order chi connectivity index (χ1) is 18.6. The van der Waals surface area contributed by atoms with Crippen molar-refractivity contribution in [2.45, 2.75) is 38.1 Å². The van der Waals surface area contributed by atoms with Crippen molar-refractivity contribution in [3.63, 3.8) is 0 Å². The molecular formula is C30H30N6O2. The zero-order valence-corrected chi connectivity index (χ0v) is 21.8. The fraction of sp³-hybridized carbons (Fsp3) is 0.267. The van der Waals surface area contributed by atoms with E-state index >= 15 is 0 Å². The van der Waals surface area contributed by atoms with Crippen molar-refractivity contribution >= 4 is 11.7 Å². The maximum Gasteiger partial charge on any atom is 0.337 e. The molecule has 8 nitrogen and oxygen atoms in total. The Labute approximate surface area is 222 Å². The van der Waals surface area contributed by atoms with Crippen molar-refractivity contribution in [2.75, 3.05) is 14.2 Å². The second-order valence-corrected chi connectivity index (χ2v) is 9.83. The smallest absolute Gasteiger partial charge is 0.337 e. The normalized spacial score (nSPS) is 16.9. The molecule has 1 N–H and O–H groups in total. The van der Waals surface area contributed by atoms with Gasteiger partial charge in [-0.05, 0) is 74.2 Å². The molecule has 1 fully saturated rings. The number of carbonyl (C=O) groups is 1. The second-order valence-electron chi connectivity index (χ2n) is 9.83. The van der Waals surface area contributed by atoms with Gasteiger partial charge in [0.1, 0.15) is 11.4 Å². The lowest BCUT2D eigenvalue weighted by molar-refractivity contribution is 0.184. The van der Waals surface area contributed by atoms with Gasteiger partial charge in [-0.2, -0.15) is 10.2 Å². The average molecular weight is 507 g/mol. The molecule has 0 saturated heterocycles. The van der Waals surface area contributed by atoms with Crippen LogP contribution in [0.15, 0.2) is 78.0 Å². The van der Waals surface area contributed by atoms with E-state index in [1.165, 1.54) is 23.5 Å². The molecule has 1 saturated carbocycles. The van der Waals surface area contributed by atoms with Gasteiger partial charge in [-0.25, -0.2) is 14.5 Å². The molecular weight excluding hydrogens is 476 g/mol. The van der Waals surface area contributed by atoms with Crippen molar-refractivity contribution in [1.29, 1.82) is 0 Å². The number of methoxy groups -OCH3 is 1. The number of nitrogens with one attached hydrogen (secondary N) is 1. The molecule has 0 unspecified atom stereocenters. The lowest BCUT2D eigenvalue weighted by Gasteiger charge is -2.22. The van der Waals surface area contributed by atoms with Crippen LogP contribution in [-0.2, 0) is 6.42 Å². The lowest BCUT2D eigenvalue weighted by Crippen LogP contribution is -2.41. The molecule has 4 aromatic rings. The van der Waals surface area contributed by atoms with Crippen LogP contribution in [-0.4, -0.2) is 51.7 Å². The van der Waals surface area contributed by atoms with Gasteiger partial charge in [-0.1, -0.05) is 24.3 Å². The van der Waals surface area contributed by atoms with Gasteiger partial charge in [0.15, 0.2) is 0 Å².